The molecule has 10 heteroatoms. The summed E-state index contributed by atoms with van der Waals surface area (Å²) in [5.41, 5.74) is 6.93. The normalized spacial score (nSPS) is 22.2. The van der Waals surface area contributed by atoms with Crippen molar-refractivity contribution in [3.05, 3.63) is 53.3 Å². The predicted octanol–water partition coefficient (Wildman–Crippen LogP) is -0.118. The van der Waals surface area contributed by atoms with Gasteiger partial charge < -0.3 is 26.7 Å². The number of aliphatic carboxylic acids is 1. The average Bonchev–Trinajstić information content (AvgIpc) is 2.65. The Morgan fingerprint density at radius 1 is 1.36 bits per heavy atom. The number of carbonyl (C=O) groups excluding carboxylic acids is 2. The van der Waals surface area contributed by atoms with Gasteiger partial charge in [-0.25, -0.2) is 4.79 Å². The van der Waals surface area contributed by atoms with E-state index in [9.17, 15) is 24.6 Å². The standard InChI is InChI=1S/C18H19N3O5S.H2O/c1-2-3-10-8-27-17-13(16(24)21(17)14(10)18(25)26)20-15(23)12(19)9-4-6-11(22)7-5-9;/h2-7,12-13,17,22H,8,19H2,1H3,(H,20,23)(H,25,26);1H2/b3-2+;/t12?,13?,17-;/m1./s1. The molecule has 2 aliphatic heterocycles. The fourth-order valence-electron chi connectivity index (χ4n) is 3.05. The highest BCUT2D eigenvalue weighted by Gasteiger charge is 2.54. The van der Waals surface area contributed by atoms with Gasteiger partial charge in [-0.1, -0.05) is 24.3 Å². The number of nitrogens with two attached hydrogens (primary N) is 1. The molecule has 28 heavy (non-hydrogen) atoms. The quantitative estimate of drug-likeness (QED) is 0.494. The van der Waals surface area contributed by atoms with Gasteiger partial charge in [0.05, 0.1) is 0 Å². The van der Waals surface area contributed by atoms with Crippen LogP contribution in [0.3, 0.4) is 0 Å². The van der Waals surface area contributed by atoms with Crippen LogP contribution in [-0.4, -0.2) is 55.5 Å². The van der Waals surface area contributed by atoms with E-state index in [-0.39, 0.29) is 16.9 Å². The number of carbonyl (C=O) groups is 3. The van der Waals surface area contributed by atoms with Gasteiger partial charge in [0.25, 0.3) is 5.91 Å². The van der Waals surface area contributed by atoms with Crippen LogP contribution in [0.5, 0.6) is 5.75 Å². The molecule has 9 nitrogen and oxygen atoms in total. The highest BCUT2D eigenvalue weighted by Crippen LogP contribution is 2.40. The molecule has 0 aromatic heterocycles. The minimum absolute atomic E-state index is 0. The minimum atomic E-state index is -1.17. The summed E-state index contributed by atoms with van der Waals surface area (Å²) in [4.78, 5) is 37.7. The zero-order valence-corrected chi connectivity index (χ0v) is 15.8. The van der Waals surface area contributed by atoms with E-state index in [0.29, 0.717) is 16.9 Å². The maximum absolute atomic E-state index is 12.5. The molecule has 1 fully saturated rings. The lowest BCUT2D eigenvalue weighted by molar-refractivity contribution is -0.150. The van der Waals surface area contributed by atoms with Crippen LogP contribution in [0.2, 0.25) is 0 Å². The fraction of sp³-hybridized carbons (Fsp3) is 0.278. The first-order valence-corrected chi connectivity index (χ1v) is 9.28. The summed E-state index contributed by atoms with van der Waals surface area (Å²) < 4.78 is 0. The number of carboxylic acids is 1. The van der Waals surface area contributed by atoms with Crippen LogP contribution in [0.4, 0.5) is 0 Å². The second-order valence-corrected chi connectivity index (χ2v) is 7.25. The van der Waals surface area contributed by atoms with Crippen LogP contribution in [-0.2, 0) is 14.4 Å². The molecular formula is C18H21N3O6S. The Morgan fingerprint density at radius 3 is 2.57 bits per heavy atom. The third-order valence-corrected chi connectivity index (χ3v) is 5.70. The lowest BCUT2D eigenvalue weighted by Crippen LogP contribution is -2.71. The Bertz CT molecular complexity index is 851. The Hall–Kier alpha value is -2.82. The number of β-lactam (4-membered cyclic amide) rings is 1. The van der Waals surface area contributed by atoms with E-state index in [2.05, 4.69) is 5.32 Å². The molecule has 0 saturated carbocycles. The first-order chi connectivity index (χ1) is 12.8. The number of allylic oxidation sites excluding steroid dienone is 2. The van der Waals surface area contributed by atoms with E-state index in [1.807, 2.05) is 0 Å². The molecule has 2 amide bonds. The van der Waals surface area contributed by atoms with Gasteiger partial charge >= 0.3 is 5.97 Å². The molecule has 2 unspecified atom stereocenters. The van der Waals surface area contributed by atoms with Gasteiger partial charge in [-0.15, -0.1) is 11.8 Å². The van der Waals surface area contributed by atoms with Crippen molar-refractivity contribution in [2.24, 2.45) is 5.73 Å². The number of amides is 2. The van der Waals surface area contributed by atoms with Gasteiger partial charge in [-0.2, -0.15) is 0 Å². The predicted molar refractivity (Wildman–Crippen MR) is 103 cm³/mol. The summed E-state index contributed by atoms with van der Waals surface area (Å²) in [5.74, 6) is -1.71. The number of thioether (sulfide) groups is 1. The van der Waals surface area contributed by atoms with Gasteiger partial charge in [-0.3, -0.25) is 14.5 Å². The van der Waals surface area contributed by atoms with Crippen LogP contribution in [0, 0.1) is 0 Å². The summed E-state index contributed by atoms with van der Waals surface area (Å²) in [7, 11) is 0. The summed E-state index contributed by atoms with van der Waals surface area (Å²) in [6, 6.07) is 4.06. The second kappa shape index (κ2) is 8.46. The second-order valence-electron chi connectivity index (χ2n) is 6.14. The molecule has 0 spiro atoms. The molecule has 7 N–H and O–H groups in total. The molecule has 2 heterocycles. The number of rotatable bonds is 5. The topological polar surface area (TPSA) is 164 Å². The molecule has 0 radical (unpaired) electrons. The third kappa shape index (κ3) is 3.75. The van der Waals surface area contributed by atoms with E-state index < -0.39 is 35.2 Å². The third-order valence-electron chi connectivity index (χ3n) is 4.40. The van der Waals surface area contributed by atoms with Crippen LogP contribution in [0.1, 0.15) is 18.5 Å². The molecular weight excluding hydrogens is 386 g/mol. The molecule has 1 aromatic carbocycles. The van der Waals surface area contributed by atoms with Crippen LogP contribution in [0.25, 0.3) is 0 Å². The van der Waals surface area contributed by atoms with Crippen molar-refractivity contribution in [2.45, 2.75) is 24.4 Å². The zero-order valence-electron chi connectivity index (χ0n) is 15.0. The van der Waals surface area contributed by atoms with Gasteiger partial charge in [0.2, 0.25) is 5.91 Å². The van der Waals surface area contributed by atoms with Crippen molar-refractivity contribution in [1.82, 2.24) is 10.2 Å². The van der Waals surface area contributed by atoms with Crippen molar-refractivity contribution < 1.29 is 30.1 Å². The van der Waals surface area contributed by atoms with E-state index in [4.69, 9.17) is 5.73 Å². The smallest absolute Gasteiger partial charge is 0.352 e. The molecule has 150 valence electrons. The van der Waals surface area contributed by atoms with Gasteiger partial charge in [0.1, 0.15) is 28.9 Å². The first-order valence-electron chi connectivity index (χ1n) is 8.24. The number of hydrogen-bond donors (Lipinski definition) is 4. The maximum atomic E-state index is 12.5. The number of benzene rings is 1. The number of hydrogen-bond acceptors (Lipinski definition) is 6. The van der Waals surface area contributed by atoms with Crippen LogP contribution >= 0.6 is 11.8 Å². The minimum Gasteiger partial charge on any atom is -0.508 e. The molecule has 3 atom stereocenters. The number of carboxylic acid groups (broad SMARTS) is 1. The summed E-state index contributed by atoms with van der Waals surface area (Å²) >= 11 is 1.39. The van der Waals surface area contributed by atoms with Gasteiger partial charge in [0.15, 0.2) is 0 Å². The monoisotopic (exact) mass is 407 g/mol. The number of phenolic OH excluding ortho intramolecular Hbond substituents is 1. The first kappa shape index (κ1) is 21.5. The van der Waals surface area contributed by atoms with Crippen LogP contribution in [0.15, 0.2) is 47.7 Å². The Kier molecular flexibility index (Phi) is 6.49. The van der Waals surface area contributed by atoms with Crippen molar-refractivity contribution in [1.29, 1.82) is 0 Å². The van der Waals surface area contributed by atoms with Gasteiger partial charge in [-0.05, 0) is 30.2 Å². The van der Waals surface area contributed by atoms with E-state index >= 15 is 0 Å². The molecule has 0 bridgehead atoms. The number of aromatic hydroxyl groups is 1. The van der Waals surface area contributed by atoms with Crippen molar-refractivity contribution in [3.63, 3.8) is 0 Å². The Labute approximate surface area is 165 Å². The Morgan fingerprint density at radius 2 is 2.00 bits per heavy atom. The molecule has 1 aromatic rings. The molecule has 2 aliphatic rings. The number of phenols is 1. The van der Waals surface area contributed by atoms with Crippen LogP contribution < -0.4 is 11.1 Å². The lowest BCUT2D eigenvalue weighted by atomic mass is 10.0. The number of nitrogens with one attached hydrogen (secondary N) is 1. The average molecular weight is 407 g/mol. The van der Waals surface area contributed by atoms with Crippen molar-refractivity contribution >= 4 is 29.5 Å². The molecule has 1 saturated heterocycles. The van der Waals surface area contributed by atoms with Crippen molar-refractivity contribution in [2.75, 3.05) is 5.75 Å². The SMILES string of the molecule is C/C=C/C1=C(C(=O)O)N2C(=O)C(NC(=O)C(N)c3ccc(O)cc3)[C@H]2SC1.O. The molecule has 0 aliphatic carbocycles. The molecule has 3 rings (SSSR count). The Balaban J connectivity index is 0.00000280. The summed E-state index contributed by atoms with van der Waals surface area (Å²) in [5, 5.41) is 20.9. The fourth-order valence-corrected chi connectivity index (χ4v) is 4.37. The lowest BCUT2D eigenvalue weighted by Gasteiger charge is -2.49. The van der Waals surface area contributed by atoms with E-state index in [1.54, 1.807) is 19.1 Å². The van der Waals surface area contributed by atoms with Gasteiger partial charge in [0, 0.05) is 5.75 Å². The highest BCUT2D eigenvalue weighted by atomic mass is 32.2. The maximum Gasteiger partial charge on any atom is 0.352 e. The van der Waals surface area contributed by atoms with Crippen molar-refractivity contribution in [3.8, 4) is 5.75 Å². The van der Waals surface area contributed by atoms with E-state index in [1.165, 1.54) is 40.9 Å². The zero-order chi connectivity index (χ0) is 19.7. The number of nitrogens with zero attached hydrogens (tertiary/aromatic N) is 1. The highest BCUT2D eigenvalue weighted by molar-refractivity contribution is 8.00. The summed E-state index contributed by atoms with van der Waals surface area (Å²) in [6.07, 6.45) is 3.39. The number of fused-ring (bicyclic) bond motifs is 1. The van der Waals surface area contributed by atoms with E-state index in [0.717, 1.165) is 0 Å². The largest absolute Gasteiger partial charge is 0.508 e. The summed E-state index contributed by atoms with van der Waals surface area (Å²) in [6.45, 7) is 1.77.